The first-order chi connectivity index (χ1) is 13.6. The van der Waals surface area contributed by atoms with Crippen LogP contribution in [-0.2, 0) is 11.3 Å². The molecule has 0 aliphatic carbocycles. The maximum Gasteiger partial charge on any atom is 0.407 e. The molecule has 1 aliphatic heterocycles. The van der Waals surface area contributed by atoms with Crippen molar-refractivity contribution in [2.75, 3.05) is 34.2 Å². The fourth-order valence-electron chi connectivity index (χ4n) is 3.08. The van der Waals surface area contributed by atoms with Gasteiger partial charge in [0.05, 0.1) is 6.04 Å². The number of benzene rings is 1. The van der Waals surface area contributed by atoms with Gasteiger partial charge in [-0.05, 0) is 44.9 Å². The van der Waals surface area contributed by atoms with Gasteiger partial charge >= 0.3 is 6.09 Å². The molecule has 160 valence electrons. The van der Waals surface area contributed by atoms with E-state index in [9.17, 15) is 9.59 Å². The summed E-state index contributed by atoms with van der Waals surface area (Å²) in [5.41, 5.74) is 1.22. The smallest absolute Gasteiger partial charge is 0.407 e. The second-order valence-electron chi connectivity index (χ2n) is 8.38. The van der Waals surface area contributed by atoms with Crippen LogP contribution in [0.2, 0.25) is 0 Å². The fourth-order valence-corrected chi connectivity index (χ4v) is 3.08. The number of hydrogen-bond acceptors (Lipinski definition) is 4. The highest BCUT2D eigenvalue weighted by molar-refractivity contribution is 5.93. The molecule has 0 aromatic heterocycles. The number of guanidine groups is 1. The van der Waals surface area contributed by atoms with Crippen molar-refractivity contribution in [3.63, 3.8) is 0 Å². The van der Waals surface area contributed by atoms with Crippen molar-refractivity contribution in [2.24, 2.45) is 4.99 Å². The van der Waals surface area contributed by atoms with Crippen molar-refractivity contribution in [3.8, 4) is 0 Å². The van der Waals surface area contributed by atoms with Crippen LogP contribution in [0, 0.1) is 0 Å². The minimum Gasteiger partial charge on any atom is -0.444 e. The number of amides is 2. The molecule has 29 heavy (non-hydrogen) atoms. The molecule has 0 bridgehead atoms. The largest absolute Gasteiger partial charge is 0.444 e. The minimum atomic E-state index is -0.507. The van der Waals surface area contributed by atoms with Gasteiger partial charge < -0.3 is 25.2 Å². The van der Waals surface area contributed by atoms with E-state index in [4.69, 9.17) is 4.74 Å². The van der Waals surface area contributed by atoms with Crippen molar-refractivity contribution >= 4 is 18.0 Å². The summed E-state index contributed by atoms with van der Waals surface area (Å²) in [5.74, 6) is 0.771. The number of aliphatic imine (C=N–C) groups is 1. The molecule has 1 heterocycles. The lowest BCUT2D eigenvalue weighted by molar-refractivity contribution is 0.0507. The Kier molecular flexibility index (Phi) is 7.47. The molecular formula is C21H33N5O3. The quantitative estimate of drug-likeness (QED) is 0.594. The average molecular weight is 404 g/mol. The summed E-state index contributed by atoms with van der Waals surface area (Å²) in [6, 6.07) is 7.57. The van der Waals surface area contributed by atoms with E-state index in [2.05, 4.69) is 20.5 Å². The molecule has 1 aromatic rings. The molecule has 1 fully saturated rings. The maximum atomic E-state index is 12.0. The highest BCUT2D eigenvalue weighted by atomic mass is 16.6. The van der Waals surface area contributed by atoms with E-state index in [1.54, 1.807) is 26.0 Å². The van der Waals surface area contributed by atoms with Gasteiger partial charge in [-0.3, -0.25) is 9.79 Å². The number of likely N-dealkylation sites (tertiary alicyclic amines) is 1. The van der Waals surface area contributed by atoms with Gasteiger partial charge in [0, 0.05) is 46.3 Å². The summed E-state index contributed by atoms with van der Waals surface area (Å²) in [4.78, 5) is 32.0. The third-order valence-electron chi connectivity index (χ3n) is 4.48. The summed E-state index contributed by atoms with van der Waals surface area (Å²) < 4.78 is 5.33. The van der Waals surface area contributed by atoms with Crippen molar-refractivity contribution in [1.29, 1.82) is 0 Å². The number of alkyl carbamates (subject to hydrolysis) is 1. The Morgan fingerprint density at radius 3 is 2.45 bits per heavy atom. The van der Waals surface area contributed by atoms with Crippen LogP contribution in [0.1, 0.15) is 43.1 Å². The van der Waals surface area contributed by atoms with Gasteiger partial charge in [0.1, 0.15) is 5.60 Å². The second-order valence-corrected chi connectivity index (χ2v) is 8.38. The molecule has 8 nitrogen and oxygen atoms in total. The molecular weight excluding hydrogens is 370 g/mol. The molecule has 0 spiro atoms. The Labute approximate surface area is 173 Å². The molecule has 0 radical (unpaired) electrons. The predicted octanol–water partition coefficient (Wildman–Crippen LogP) is 2.06. The molecule has 1 aromatic carbocycles. The Morgan fingerprint density at radius 2 is 1.90 bits per heavy atom. The SMILES string of the molecule is CN=C(NCc1ccc(C(=O)N(C)C)cc1)N1CCC(NC(=O)OC(C)(C)C)C1. The topological polar surface area (TPSA) is 86.3 Å². The van der Waals surface area contributed by atoms with Gasteiger partial charge in [-0.1, -0.05) is 12.1 Å². The number of carbonyl (C=O) groups excluding carboxylic acids is 2. The number of nitrogens with one attached hydrogen (secondary N) is 2. The van der Waals surface area contributed by atoms with Crippen LogP contribution >= 0.6 is 0 Å². The first kappa shape index (κ1) is 22.5. The number of nitrogens with zero attached hydrogens (tertiary/aromatic N) is 3. The van der Waals surface area contributed by atoms with Crippen molar-refractivity contribution in [2.45, 2.75) is 45.4 Å². The van der Waals surface area contributed by atoms with E-state index in [-0.39, 0.29) is 18.0 Å². The van der Waals surface area contributed by atoms with Gasteiger partial charge in [-0.25, -0.2) is 4.79 Å². The monoisotopic (exact) mass is 403 g/mol. The van der Waals surface area contributed by atoms with Crippen molar-refractivity contribution in [1.82, 2.24) is 20.4 Å². The van der Waals surface area contributed by atoms with Gasteiger partial charge in [-0.2, -0.15) is 0 Å². The standard InChI is InChI=1S/C21H33N5O3/c1-21(2,3)29-20(28)24-17-11-12-26(14-17)19(22-4)23-13-15-7-9-16(10-8-15)18(27)25(5)6/h7-10,17H,11-14H2,1-6H3,(H,22,23)(H,24,28). The molecule has 2 amide bonds. The van der Waals surface area contributed by atoms with Gasteiger partial charge in [0.15, 0.2) is 5.96 Å². The van der Waals surface area contributed by atoms with E-state index in [0.29, 0.717) is 18.7 Å². The Morgan fingerprint density at radius 1 is 1.24 bits per heavy atom. The number of ether oxygens (including phenoxy) is 1. The van der Waals surface area contributed by atoms with Gasteiger partial charge in [-0.15, -0.1) is 0 Å². The fraction of sp³-hybridized carbons (Fsp3) is 0.571. The third kappa shape index (κ3) is 6.96. The van der Waals surface area contributed by atoms with Gasteiger partial charge in [0.2, 0.25) is 0 Å². The highest BCUT2D eigenvalue weighted by Crippen LogP contribution is 2.12. The third-order valence-corrected chi connectivity index (χ3v) is 4.48. The maximum absolute atomic E-state index is 12.0. The summed E-state index contributed by atoms with van der Waals surface area (Å²) in [7, 11) is 5.22. The Balaban J connectivity index is 1.85. The second kappa shape index (κ2) is 9.62. The number of rotatable bonds is 4. The van der Waals surface area contributed by atoms with Crippen molar-refractivity contribution in [3.05, 3.63) is 35.4 Å². The lowest BCUT2D eigenvalue weighted by Crippen LogP contribution is -2.44. The van der Waals surface area contributed by atoms with E-state index in [1.807, 2.05) is 45.0 Å². The van der Waals surface area contributed by atoms with Crippen LogP contribution in [-0.4, -0.2) is 73.6 Å². The normalized spacial score (nSPS) is 17.1. The van der Waals surface area contributed by atoms with Crippen LogP contribution < -0.4 is 10.6 Å². The first-order valence-corrected chi connectivity index (χ1v) is 9.85. The predicted molar refractivity (Wildman–Crippen MR) is 114 cm³/mol. The molecule has 2 rings (SSSR count). The van der Waals surface area contributed by atoms with Crippen LogP contribution in [0.3, 0.4) is 0 Å². The summed E-state index contributed by atoms with van der Waals surface area (Å²) in [6.07, 6.45) is 0.445. The van der Waals surface area contributed by atoms with E-state index in [1.165, 1.54) is 0 Å². The number of hydrogen-bond donors (Lipinski definition) is 2. The molecule has 2 N–H and O–H groups in total. The average Bonchev–Trinajstić information content (AvgIpc) is 3.08. The molecule has 1 saturated heterocycles. The summed E-state index contributed by atoms with van der Waals surface area (Å²) >= 11 is 0. The van der Waals surface area contributed by atoms with Crippen LogP contribution in [0.5, 0.6) is 0 Å². The van der Waals surface area contributed by atoms with Crippen LogP contribution in [0.4, 0.5) is 4.79 Å². The Bertz CT molecular complexity index is 738. The zero-order valence-corrected chi connectivity index (χ0v) is 18.3. The summed E-state index contributed by atoms with van der Waals surface area (Å²) in [6.45, 7) is 7.63. The van der Waals surface area contributed by atoms with E-state index >= 15 is 0 Å². The molecule has 1 aliphatic rings. The molecule has 8 heteroatoms. The number of carbonyl (C=O) groups is 2. The Hall–Kier alpha value is -2.77. The summed E-state index contributed by atoms with van der Waals surface area (Å²) in [5, 5.41) is 6.27. The molecule has 1 atom stereocenters. The lowest BCUT2D eigenvalue weighted by atomic mass is 10.1. The van der Waals surface area contributed by atoms with Crippen molar-refractivity contribution < 1.29 is 14.3 Å². The highest BCUT2D eigenvalue weighted by Gasteiger charge is 2.27. The molecule has 0 saturated carbocycles. The first-order valence-electron chi connectivity index (χ1n) is 9.85. The van der Waals surface area contributed by atoms with E-state index < -0.39 is 5.60 Å². The van der Waals surface area contributed by atoms with Crippen LogP contribution in [0.15, 0.2) is 29.3 Å². The zero-order valence-electron chi connectivity index (χ0n) is 18.3. The van der Waals surface area contributed by atoms with Gasteiger partial charge in [0.25, 0.3) is 5.91 Å². The van der Waals surface area contributed by atoms with Crippen LogP contribution in [0.25, 0.3) is 0 Å². The minimum absolute atomic E-state index is 0.0130. The zero-order chi connectivity index (χ0) is 21.6. The molecule has 1 unspecified atom stereocenters. The van der Waals surface area contributed by atoms with E-state index in [0.717, 1.165) is 24.5 Å². The lowest BCUT2D eigenvalue weighted by Gasteiger charge is -2.23.